The Balaban J connectivity index is 2.71. The second-order valence-electron chi connectivity index (χ2n) is 5.19. The lowest BCUT2D eigenvalue weighted by molar-refractivity contribution is -0.123. The third kappa shape index (κ3) is 5.85. The minimum Gasteiger partial charge on any atom is -0.353 e. The van der Waals surface area contributed by atoms with Gasteiger partial charge in [0.1, 0.15) is 6.54 Å². The van der Waals surface area contributed by atoms with Crippen molar-refractivity contribution in [3.63, 3.8) is 0 Å². The Labute approximate surface area is 134 Å². The van der Waals surface area contributed by atoms with Gasteiger partial charge in [0.2, 0.25) is 11.8 Å². The molecular formula is C15H22BrN3O2. The monoisotopic (exact) mass is 355 g/mol. The fourth-order valence-corrected chi connectivity index (χ4v) is 2.05. The first-order valence-electron chi connectivity index (χ1n) is 6.77. The zero-order valence-corrected chi connectivity index (χ0v) is 14.5. The molecule has 0 aromatic heterocycles. The predicted molar refractivity (Wildman–Crippen MR) is 88.5 cm³/mol. The third-order valence-electron chi connectivity index (χ3n) is 3.02. The van der Waals surface area contributed by atoms with Gasteiger partial charge in [0, 0.05) is 30.2 Å². The highest BCUT2D eigenvalue weighted by Crippen LogP contribution is 2.23. The van der Waals surface area contributed by atoms with Gasteiger partial charge < -0.3 is 15.1 Å². The first-order chi connectivity index (χ1) is 9.81. The molecule has 0 spiro atoms. The van der Waals surface area contributed by atoms with E-state index < -0.39 is 0 Å². The quantitative estimate of drug-likeness (QED) is 0.846. The maximum absolute atomic E-state index is 11.9. The summed E-state index contributed by atoms with van der Waals surface area (Å²) in [5, 5.41) is 2.81. The summed E-state index contributed by atoms with van der Waals surface area (Å²) in [7, 11) is 3.89. The van der Waals surface area contributed by atoms with Crippen LogP contribution in [0.4, 0.5) is 5.69 Å². The molecule has 0 fully saturated rings. The average Bonchev–Trinajstić information content (AvgIpc) is 2.38. The Bertz CT molecular complexity index is 518. The molecule has 0 bridgehead atoms. The standard InChI is InChI=1S/C15H22BrN3O2/c1-11-9-13(5-6-14(11)16)19(12(2)20)10-15(21)17-7-8-18(3)4/h5-6,9H,7-8,10H2,1-4H3,(H,17,21). The van der Waals surface area contributed by atoms with Gasteiger partial charge in [0.15, 0.2) is 0 Å². The predicted octanol–water partition coefficient (Wildman–Crippen LogP) is 1.79. The van der Waals surface area contributed by atoms with Gasteiger partial charge in [0.05, 0.1) is 0 Å². The molecule has 21 heavy (non-hydrogen) atoms. The van der Waals surface area contributed by atoms with E-state index in [2.05, 4.69) is 21.2 Å². The summed E-state index contributed by atoms with van der Waals surface area (Å²) >= 11 is 3.43. The van der Waals surface area contributed by atoms with Crippen LogP contribution in [0.15, 0.2) is 22.7 Å². The molecule has 6 heteroatoms. The largest absolute Gasteiger partial charge is 0.353 e. The SMILES string of the molecule is CC(=O)N(CC(=O)NCCN(C)C)c1ccc(Br)c(C)c1. The fraction of sp³-hybridized carbons (Fsp3) is 0.467. The van der Waals surface area contributed by atoms with Crippen LogP contribution < -0.4 is 10.2 Å². The smallest absolute Gasteiger partial charge is 0.240 e. The molecule has 0 aliphatic rings. The molecule has 2 amide bonds. The number of aryl methyl sites for hydroxylation is 1. The molecular weight excluding hydrogens is 334 g/mol. The van der Waals surface area contributed by atoms with Crippen LogP contribution in [0.25, 0.3) is 0 Å². The van der Waals surface area contributed by atoms with Crippen molar-refractivity contribution in [2.24, 2.45) is 0 Å². The number of anilines is 1. The van der Waals surface area contributed by atoms with Crippen LogP contribution in [0, 0.1) is 6.92 Å². The Morgan fingerprint density at radius 1 is 1.29 bits per heavy atom. The Morgan fingerprint density at radius 3 is 2.48 bits per heavy atom. The van der Waals surface area contributed by atoms with Crippen molar-refractivity contribution >= 4 is 33.4 Å². The zero-order chi connectivity index (χ0) is 16.0. The number of hydrogen-bond acceptors (Lipinski definition) is 3. The summed E-state index contributed by atoms with van der Waals surface area (Å²) in [5.41, 5.74) is 1.75. The number of benzene rings is 1. The van der Waals surface area contributed by atoms with Gasteiger partial charge in [-0.1, -0.05) is 15.9 Å². The first-order valence-corrected chi connectivity index (χ1v) is 7.56. The molecule has 1 rings (SSSR count). The van der Waals surface area contributed by atoms with Crippen LogP contribution in [0.1, 0.15) is 12.5 Å². The van der Waals surface area contributed by atoms with Crippen LogP contribution in [0.2, 0.25) is 0 Å². The highest BCUT2D eigenvalue weighted by molar-refractivity contribution is 9.10. The van der Waals surface area contributed by atoms with Gasteiger partial charge in [-0.15, -0.1) is 0 Å². The molecule has 116 valence electrons. The number of halogens is 1. The maximum Gasteiger partial charge on any atom is 0.240 e. The van der Waals surface area contributed by atoms with E-state index >= 15 is 0 Å². The molecule has 0 aliphatic carbocycles. The summed E-state index contributed by atoms with van der Waals surface area (Å²) in [5.74, 6) is -0.313. The summed E-state index contributed by atoms with van der Waals surface area (Å²) in [4.78, 5) is 27.2. The van der Waals surface area contributed by atoms with Crippen LogP contribution in [0.3, 0.4) is 0 Å². The molecule has 0 saturated carbocycles. The minimum absolute atomic E-state index is 0.0316. The number of carbonyl (C=O) groups is 2. The Kier molecular flexibility index (Phi) is 6.84. The second-order valence-corrected chi connectivity index (χ2v) is 6.05. The van der Waals surface area contributed by atoms with Crippen LogP contribution in [-0.4, -0.2) is 50.4 Å². The van der Waals surface area contributed by atoms with Gasteiger partial charge in [-0.05, 0) is 44.8 Å². The lowest BCUT2D eigenvalue weighted by Gasteiger charge is -2.21. The number of carbonyl (C=O) groups excluding carboxylic acids is 2. The summed E-state index contributed by atoms with van der Waals surface area (Å²) in [6, 6.07) is 5.59. The van der Waals surface area contributed by atoms with Crippen molar-refractivity contribution in [3.05, 3.63) is 28.2 Å². The van der Waals surface area contributed by atoms with E-state index in [-0.39, 0.29) is 18.4 Å². The van der Waals surface area contributed by atoms with E-state index in [1.165, 1.54) is 11.8 Å². The summed E-state index contributed by atoms with van der Waals surface area (Å²) in [6.07, 6.45) is 0. The number of hydrogen-bond donors (Lipinski definition) is 1. The number of nitrogens with one attached hydrogen (secondary N) is 1. The van der Waals surface area contributed by atoms with Crippen LogP contribution in [-0.2, 0) is 9.59 Å². The lowest BCUT2D eigenvalue weighted by Crippen LogP contribution is -2.41. The van der Waals surface area contributed by atoms with E-state index in [0.29, 0.717) is 6.54 Å². The molecule has 0 atom stereocenters. The topological polar surface area (TPSA) is 52.7 Å². The molecule has 0 saturated heterocycles. The number of rotatable bonds is 6. The molecule has 5 nitrogen and oxygen atoms in total. The minimum atomic E-state index is -0.160. The number of amides is 2. The van der Waals surface area contributed by atoms with Crippen molar-refractivity contribution in [2.45, 2.75) is 13.8 Å². The fourth-order valence-electron chi connectivity index (χ4n) is 1.80. The van der Waals surface area contributed by atoms with Crippen LogP contribution in [0.5, 0.6) is 0 Å². The lowest BCUT2D eigenvalue weighted by atomic mass is 10.2. The molecule has 0 aliphatic heterocycles. The molecule has 0 radical (unpaired) electrons. The van der Waals surface area contributed by atoms with Crippen molar-refractivity contribution in [3.8, 4) is 0 Å². The normalized spacial score (nSPS) is 10.6. The molecule has 0 heterocycles. The van der Waals surface area contributed by atoms with E-state index in [0.717, 1.165) is 22.3 Å². The number of likely N-dealkylation sites (N-methyl/N-ethyl adjacent to an activating group) is 1. The zero-order valence-electron chi connectivity index (χ0n) is 12.9. The van der Waals surface area contributed by atoms with Crippen molar-refractivity contribution < 1.29 is 9.59 Å². The molecule has 1 N–H and O–H groups in total. The third-order valence-corrected chi connectivity index (χ3v) is 3.91. The summed E-state index contributed by atoms with van der Waals surface area (Å²) < 4.78 is 0.977. The van der Waals surface area contributed by atoms with Crippen molar-refractivity contribution in [1.29, 1.82) is 0 Å². The average molecular weight is 356 g/mol. The number of nitrogens with zero attached hydrogens (tertiary/aromatic N) is 2. The highest BCUT2D eigenvalue weighted by atomic mass is 79.9. The Hall–Kier alpha value is -1.40. The van der Waals surface area contributed by atoms with Gasteiger partial charge >= 0.3 is 0 Å². The van der Waals surface area contributed by atoms with Crippen molar-refractivity contribution in [1.82, 2.24) is 10.2 Å². The molecule has 1 aromatic rings. The van der Waals surface area contributed by atoms with Gasteiger partial charge in [0.25, 0.3) is 0 Å². The van der Waals surface area contributed by atoms with E-state index in [1.54, 1.807) is 0 Å². The van der Waals surface area contributed by atoms with Crippen LogP contribution >= 0.6 is 15.9 Å². The summed E-state index contributed by atoms with van der Waals surface area (Å²) in [6.45, 7) is 4.78. The van der Waals surface area contributed by atoms with Crippen molar-refractivity contribution in [2.75, 3.05) is 38.6 Å². The molecule has 0 unspecified atom stereocenters. The van der Waals surface area contributed by atoms with E-state index in [9.17, 15) is 9.59 Å². The van der Waals surface area contributed by atoms with Gasteiger partial charge in [-0.2, -0.15) is 0 Å². The van der Waals surface area contributed by atoms with Gasteiger partial charge in [-0.25, -0.2) is 0 Å². The first kappa shape index (κ1) is 17.7. The van der Waals surface area contributed by atoms with Gasteiger partial charge in [-0.3, -0.25) is 9.59 Å². The van der Waals surface area contributed by atoms with E-state index in [4.69, 9.17) is 0 Å². The highest BCUT2D eigenvalue weighted by Gasteiger charge is 2.16. The maximum atomic E-state index is 11.9. The second kappa shape index (κ2) is 8.14. The Morgan fingerprint density at radius 2 is 1.95 bits per heavy atom. The molecule has 1 aromatic carbocycles. The van der Waals surface area contributed by atoms with E-state index in [1.807, 2.05) is 44.1 Å².